The molecule has 1 aromatic carbocycles. The number of nitrogens with zero attached hydrogens (tertiary/aromatic N) is 1. The number of Topliss-reactive ketones (excluding diaryl/α,β-unsaturated/α-hetero) is 1. The minimum Gasteiger partial charge on any atom is -0.480 e. The summed E-state index contributed by atoms with van der Waals surface area (Å²) in [6.07, 6.45) is 6.78. The molecule has 0 radical (unpaired) electrons. The van der Waals surface area contributed by atoms with Gasteiger partial charge in [0.15, 0.2) is 11.2 Å². The molecule has 1 N–H and O–H groups in total. The SMILES string of the molecule is CCN(CC)c1ccc(C(=O)C2(C(=O)O)C=CC=CC2)cc1. The third-order valence-corrected chi connectivity index (χ3v) is 4.11. The van der Waals surface area contributed by atoms with Crippen molar-refractivity contribution in [2.45, 2.75) is 20.3 Å². The standard InChI is InChI=1S/C18H21NO3/c1-3-19(4-2)15-10-8-14(9-11-15)16(20)18(17(21)22)12-6-5-7-13-18/h5-12H,3-4,13H2,1-2H3,(H,21,22). The molecule has 1 aromatic rings. The number of aliphatic carboxylic acids is 1. The molecule has 0 saturated carbocycles. The van der Waals surface area contributed by atoms with Gasteiger partial charge in [-0.15, -0.1) is 0 Å². The lowest BCUT2D eigenvalue weighted by atomic mass is 9.75. The molecular weight excluding hydrogens is 278 g/mol. The average Bonchev–Trinajstić information content (AvgIpc) is 2.56. The highest BCUT2D eigenvalue weighted by atomic mass is 16.4. The van der Waals surface area contributed by atoms with E-state index in [1.165, 1.54) is 6.08 Å². The molecule has 0 bridgehead atoms. The van der Waals surface area contributed by atoms with Crippen LogP contribution in [-0.2, 0) is 4.79 Å². The fourth-order valence-electron chi connectivity index (χ4n) is 2.71. The van der Waals surface area contributed by atoms with E-state index in [-0.39, 0.29) is 12.2 Å². The second kappa shape index (κ2) is 6.60. The molecule has 0 amide bonds. The summed E-state index contributed by atoms with van der Waals surface area (Å²) < 4.78 is 0. The van der Waals surface area contributed by atoms with E-state index in [4.69, 9.17) is 0 Å². The third kappa shape index (κ3) is 2.82. The molecule has 1 atom stereocenters. The van der Waals surface area contributed by atoms with Gasteiger partial charge in [0, 0.05) is 24.3 Å². The minimum absolute atomic E-state index is 0.190. The lowest BCUT2D eigenvalue weighted by Crippen LogP contribution is -2.38. The number of benzene rings is 1. The van der Waals surface area contributed by atoms with Crippen molar-refractivity contribution in [3.63, 3.8) is 0 Å². The Hall–Kier alpha value is -2.36. The quantitative estimate of drug-likeness (QED) is 0.647. The van der Waals surface area contributed by atoms with Crippen molar-refractivity contribution < 1.29 is 14.7 Å². The topological polar surface area (TPSA) is 57.6 Å². The molecule has 4 heteroatoms. The molecule has 1 aliphatic rings. The van der Waals surface area contributed by atoms with Gasteiger partial charge in [-0.3, -0.25) is 9.59 Å². The van der Waals surface area contributed by atoms with Crippen molar-refractivity contribution in [1.29, 1.82) is 0 Å². The van der Waals surface area contributed by atoms with Gasteiger partial charge >= 0.3 is 5.97 Å². The highest BCUT2D eigenvalue weighted by Crippen LogP contribution is 2.33. The fourth-order valence-corrected chi connectivity index (χ4v) is 2.71. The summed E-state index contributed by atoms with van der Waals surface area (Å²) in [7, 11) is 0. The van der Waals surface area contributed by atoms with Gasteiger partial charge in [0.05, 0.1) is 0 Å². The number of carboxylic acid groups (broad SMARTS) is 1. The van der Waals surface area contributed by atoms with Crippen LogP contribution in [0, 0.1) is 5.41 Å². The number of hydrogen-bond donors (Lipinski definition) is 1. The summed E-state index contributed by atoms with van der Waals surface area (Å²) in [6.45, 7) is 5.91. The molecule has 0 heterocycles. The molecule has 0 saturated heterocycles. The van der Waals surface area contributed by atoms with Gasteiger partial charge in [-0.2, -0.15) is 0 Å². The van der Waals surface area contributed by atoms with E-state index in [1.54, 1.807) is 30.4 Å². The first-order valence-electron chi connectivity index (χ1n) is 7.52. The lowest BCUT2D eigenvalue weighted by molar-refractivity contribution is -0.143. The molecule has 1 unspecified atom stereocenters. The maximum Gasteiger partial charge on any atom is 0.321 e. The van der Waals surface area contributed by atoms with E-state index in [1.807, 2.05) is 12.1 Å². The number of allylic oxidation sites excluding steroid dienone is 3. The minimum atomic E-state index is -1.48. The van der Waals surface area contributed by atoms with Crippen LogP contribution in [0.25, 0.3) is 0 Å². The monoisotopic (exact) mass is 299 g/mol. The number of carbonyl (C=O) groups excluding carboxylic acids is 1. The predicted molar refractivity (Wildman–Crippen MR) is 87.3 cm³/mol. The second-order valence-electron chi connectivity index (χ2n) is 5.32. The van der Waals surface area contributed by atoms with Crippen LogP contribution in [0.2, 0.25) is 0 Å². The Labute approximate surface area is 130 Å². The number of rotatable bonds is 6. The van der Waals surface area contributed by atoms with E-state index in [2.05, 4.69) is 18.7 Å². The molecule has 0 spiro atoms. The number of ketones is 1. The summed E-state index contributed by atoms with van der Waals surface area (Å²) in [4.78, 5) is 26.5. The van der Waals surface area contributed by atoms with Crippen LogP contribution >= 0.6 is 0 Å². The molecule has 0 aromatic heterocycles. The Morgan fingerprint density at radius 1 is 1.14 bits per heavy atom. The summed E-state index contributed by atoms with van der Waals surface area (Å²) in [5, 5.41) is 9.53. The zero-order valence-electron chi connectivity index (χ0n) is 13.0. The predicted octanol–water partition coefficient (Wildman–Crippen LogP) is 3.30. The Kier molecular flexibility index (Phi) is 4.81. The highest BCUT2D eigenvalue weighted by molar-refractivity contribution is 6.14. The summed E-state index contributed by atoms with van der Waals surface area (Å²) in [6, 6.07) is 7.18. The number of anilines is 1. The van der Waals surface area contributed by atoms with Crippen molar-refractivity contribution in [2.24, 2.45) is 5.41 Å². The molecule has 1 aliphatic carbocycles. The van der Waals surface area contributed by atoms with Gasteiger partial charge in [-0.05, 0) is 44.5 Å². The first kappa shape index (κ1) is 16.0. The normalized spacial score (nSPS) is 19.9. The van der Waals surface area contributed by atoms with Gasteiger partial charge in [0.2, 0.25) is 0 Å². The smallest absolute Gasteiger partial charge is 0.321 e. The van der Waals surface area contributed by atoms with Gasteiger partial charge in [0.1, 0.15) is 0 Å². The van der Waals surface area contributed by atoms with Gasteiger partial charge in [0.25, 0.3) is 0 Å². The van der Waals surface area contributed by atoms with E-state index < -0.39 is 11.4 Å². The van der Waals surface area contributed by atoms with E-state index in [0.717, 1.165) is 18.8 Å². The van der Waals surface area contributed by atoms with E-state index >= 15 is 0 Å². The maximum absolute atomic E-state index is 12.7. The number of hydrogen-bond acceptors (Lipinski definition) is 3. The van der Waals surface area contributed by atoms with Crippen LogP contribution in [-0.4, -0.2) is 29.9 Å². The van der Waals surface area contributed by atoms with Crippen LogP contribution in [0.1, 0.15) is 30.6 Å². The van der Waals surface area contributed by atoms with Crippen LogP contribution in [0.5, 0.6) is 0 Å². The highest BCUT2D eigenvalue weighted by Gasteiger charge is 2.43. The van der Waals surface area contributed by atoms with Crippen LogP contribution < -0.4 is 4.90 Å². The molecule has 4 nitrogen and oxygen atoms in total. The van der Waals surface area contributed by atoms with Gasteiger partial charge in [-0.25, -0.2) is 0 Å². The molecule has 0 fully saturated rings. The molecule has 2 rings (SSSR count). The summed E-state index contributed by atoms with van der Waals surface area (Å²) in [5.74, 6) is -1.47. The fraction of sp³-hybridized carbons (Fsp3) is 0.333. The summed E-state index contributed by atoms with van der Waals surface area (Å²) >= 11 is 0. The average molecular weight is 299 g/mol. The zero-order valence-corrected chi connectivity index (χ0v) is 13.0. The molecule has 0 aliphatic heterocycles. The number of carboxylic acids is 1. The summed E-state index contributed by atoms with van der Waals surface area (Å²) in [5.41, 5.74) is -0.0193. The van der Waals surface area contributed by atoms with E-state index in [0.29, 0.717) is 5.56 Å². The Morgan fingerprint density at radius 3 is 2.23 bits per heavy atom. The van der Waals surface area contributed by atoms with Crippen molar-refractivity contribution in [1.82, 2.24) is 0 Å². The molecular formula is C18H21NO3. The number of carbonyl (C=O) groups is 2. The first-order chi connectivity index (χ1) is 10.5. The molecule has 116 valence electrons. The van der Waals surface area contributed by atoms with Crippen molar-refractivity contribution in [3.05, 3.63) is 54.1 Å². The van der Waals surface area contributed by atoms with Gasteiger partial charge < -0.3 is 10.0 Å². The largest absolute Gasteiger partial charge is 0.480 e. The second-order valence-corrected chi connectivity index (χ2v) is 5.32. The van der Waals surface area contributed by atoms with Crippen molar-refractivity contribution >= 4 is 17.4 Å². The Balaban J connectivity index is 2.31. The van der Waals surface area contributed by atoms with Crippen LogP contribution in [0.4, 0.5) is 5.69 Å². The first-order valence-corrected chi connectivity index (χ1v) is 7.52. The third-order valence-electron chi connectivity index (χ3n) is 4.11. The lowest BCUT2D eigenvalue weighted by Gasteiger charge is -2.25. The van der Waals surface area contributed by atoms with Crippen molar-refractivity contribution in [2.75, 3.05) is 18.0 Å². The Morgan fingerprint density at radius 2 is 1.77 bits per heavy atom. The zero-order chi connectivity index (χ0) is 16.2. The molecule has 22 heavy (non-hydrogen) atoms. The van der Waals surface area contributed by atoms with Crippen molar-refractivity contribution in [3.8, 4) is 0 Å². The van der Waals surface area contributed by atoms with E-state index in [9.17, 15) is 14.7 Å². The maximum atomic E-state index is 12.7. The van der Waals surface area contributed by atoms with Crippen LogP contribution in [0.15, 0.2) is 48.6 Å². The Bertz CT molecular complexity index is 612. The van der Waals surface area contributed by atoms with Gasteiger partial charge in [-0.1, -0.05) is 24.3 Å². The van der Waals surface area contributed by atoms with Crippen LogP contribution in [0.3, 0.4) is 0 Å².